The Kier molecular flexibility index (Phi) is 3.82. The average molecular weight is 249 g/mol. The molecule has 0 spiro atoms. The summed E-state index contributed by atoms with van der Waals surface area (Å²) in [5.74, 6) is 0.237. The fourth-order valence-corrected chi connectivity index (χ4v) is 1.87. The quantitative estimate of drug-likeness (QED) is 0.821. The highest BCUT2D eigenvalue weighted by atomic mass is 16.6. The van der Waals surface area contributed by atoms with Gasteiger partial charge in [-0.2, -0.15) is 0 Å². The minimum atomic E-state index is -0.394. The molecule has 5 nitrogen and oxygen atoms in total. The van der Waals surface area contributed by atoms with Gasteiger partial charge in [-0.1, -0.05) is 6.07 Å². The van der Waals surface area contributed by atoms with E-state index in [0.29, 0.717) is 25.2 Å². The molecule has 1 aromatic carbocycles. The third kappa shape index (κ3) is 2.80. The fourth-order valence-electron chi connectivity index (χ4n) is 1.87. The second-order valence-corrected chi connectivity index (χ2v) is 3.92. The number of carbonyl (C=O) groups is 2. The minimum Gasteiger partial charge on any atom is -0.482 e. The van der Waals surface area contributed by atoms with Crippen LogP contribution < -0.4 is 10.1 Å². The summed E-state index contributed by atoms with van der Waals surface area (Å²) in [5.41, 5.74) is 1.69. The topological polar surface area (TPSA) is 64.6 Å². The molecule has 18 heavy (non-hydrogen) atoms. The first-order valence-electron chi connectivity index (χ1n) is 5.91. The van der Waals surface area contributed by atoms with Crippen LogP contribution in [0.15, 0.2) is 18.2 Å². The van der Waals surface area contributed by atoms with E-state index < -0.39 is 5.97 Å². The third-order valence-electron chi connectivity index (χ3n) is 2.66. The van der Waals surface area contributed by atoms with Gasteiger partial charge in [0.1, 0.15) is 5.75 Å². The molecule has 0 radical (unpaired) electrons. The van der Waals surface area contributed by atoms with E-state index in [9.17, 15) is 9.59 Å². The van der Waals surface area contributed by atoms with Crippen molar-refractivity contribution in [2.24, 2.45) is 0 Å². The minimum absolute atomic E-state index is 0.00467. The standard InChI is InChI=1S/C13H15NO4/c1-2-17-13(16)8-18-11-5-3-4-10-9(11)6-7-12(15)14-10/h3-5H,2,6-8H2,1H3,(H,14,15). The third-order valence-corrected chi connectivity index (χ3v) is 2.66. The predicted molar refractivity (Wildman–Crippen MR) is 65.5 cm³/mol. The maximum atomic E-state index is 11.3. The zero-order valence-electron chi connectivity index (χ0n) is 10.2. The van der Waals surface area contributed by atoms with Crippen molar-refractivity contribution < 1.29 is 19.1 Å². The van der Waals surface area contributed by atoms with Crippen molar-refractivity contribution in [2.75, 3.05) is 18.5 Å². The number of rotatable bonds is 4. The van der Waals surface area contributed by atoms with Gasteiger partial charge < -0.3 is 14.8 Å². The number of benzene rings is 1. The lowest BCUT2D eigenvalue weighted by Gasteiger charge is -2.19. The van der Waals surface area contributed by atoms with Crippen LogP contribution in [0.5, 0.6) is 5.75 Å². The summed E-state index contributed by atoms with van der Waals surface area (Å²) < 4.78 is 10.2. The van der Waals surface area contributed by atoms with E-state index in [1.54, 1.807) is 19.1 Å². The van der Waals surface area contributed by atoms with E-state index in [0.717, 1.165) is 11.3 Å². The average Bonchev–Trinajstić information content (AvgIpc) is 2.36. The molecule has 0 unspecified atom stereocenters. The summed E-state index contributed by atoms with van der Waals surface area (Å²) in [5, 5.41) is 2.78. The van der Waals surface area contributed by atoms with Gasteiger partial charge in [-0.3, -0.25) is 4.79 Å². The van der Waals surface area contributed by atoms with Crippen molar-refractivity contribution in [1.82, 2.24) is 0 Å². The maximum absolute atomic E-state index is 11.3. The van der Waals surface area contributed by atoms with Crippen LogP contribution >= 0.6 is 0 Å². The van der Waals surface area contributed by atoms with Crippen LogP contribution in [0.2, 0.25) is 0 Å². The van der Waals surface area contributed by atoms with Gasteiger partial charge in [-0.15, -0.1) is 0 Å². The molecule has 1 aliphatic rings. The SMILES string of the molecule is CCOC(=O)COc1cccc2c1CCC(=O)N2. The summed E-state index contributed by atoms with van der Waals surface area (Å²) in [6, 6.07) is 5.39. The van der Waals surface area contributed by atoms with Crippen molar-refractivity contribution in [3.8, 4) is 5.75 Å². The second-order valence-electron chi connectivity index (χ2n) is 3.92. The highest BCUT2D eigenvalue weighted by Crippen LogP contribution is 2.30. The van der Waals surface area contributed by atoms with Gasteiger partial charge in [0, 0.05) is 17.7 Å². The number of hydrogen-bond acceptors (Lipinski definition) is 4. The lowest BCUT2D eigenvalue weighted by atomic mass is 10.0. The molecule has 2 rings (SSSR count). The molecule has 1 heterocycles. The molecule has 0 aliphatic carbocycles. The molecule has 1 amide bonds. The van der Waals surface area contributed by atoms with E-state index in [1.807, 2.05) is 6.07 Å². The Morgan fingerprint density at radius 3 is 3.00 bits per heavy atom. The Labute approximate surface area is 105 Å². The van der Waals surface area contributed by atoms with E-state index in [-0.39, 0.29) is 12.5 Å². The van der Waals surface area contributed by atoms with Crippen molar-refractivity contribution in [2.45, 2.75) is 19.8 Å². The summed E-state index contributed by atoms with van der Waals surface area (Å²) >= 11 is 0. The van der Waals surface area contributed by atoms with Gasteiger partial charge in [0.2, 0.25) is 5.91 Å². The van der Waals surface area contributed by atoms with Crippen LogP contribution in [0.3, 0.4) is 0 Å². The molecule has 0 saturated carbocycles. The highest BCUT2D eigenvalue weighted by molar-refractivity contribution is 5.94. The zero-order chi connectivity index (χ0) is 13.0. The molecule has 1 aromatic rings. The number of anilines is 1. The largest absolute Gasteiger partial charge is 0.482 e. The Hall–Kier alpha value is -2.04. The van der Waals surface area contributed by atoms with Crippen LogP contribution in [0, 0.1) is 0 Å². The first-order chi connectivity index (χ1) is 8.70. The number of fused-ring (bicyclic) bond motifs is 1. The van der Waals surface area contributed by atoms with Gasteiger partial charge in [-0.05, 0) is 25.5 Å². The zero-order valence-corrected chi connectivity index (χ0v) is 10.2. The molecule has 0 fully saturated rings. The van der Waals surface area contributed by atoms with Crippen LogP contribution in [0.4, 0.5) is 5.69 Å². The molecular weight excluding hydrogens is 234 g/mol. The van der Waals surface area contributed by atoms with Crippen molar-refractivity contribution >= 4 is 17.6 Å². The van der Waals surface area contributed by atoms with Gasteiger partial charge in [0.15, 0.2) is 6.61 Å². The molecule has 0 saturated heterocycles. The maximum Gasteiger partial charge on any atom is 0.344 e. The van der Waals surface area contributed by atoms with Crippen LogP contribution in [0.1, 0.15) is 18.9 Å². The lowest BCUT2D eigenvalue weighted by molar-refractivity contribution is -0.145. The molecule has 1 N–H and O–H groups in total. The molecule has 1 aliphatic heterocycles. The van der Waals surface area contributed by atoms with E-state index >= 15 is 0 Å². The summed E-state index contributed by atoms with van der Waals surface area (Å²) in [7, 11) is 0. The normalized spacial score (nSPS) is 13.5. The van der Waals surface area contributed by atoms with Crippen molar-refractivity contribution in [3.63, 3.8) is 0 Å². The summed E-state index contributed by atoms with van der Waals surface area (Å²) in [6.07, 6.45) is 1.06. The first kappa shape index (κ1) is 12.4. The van der Waals surface area contributed by atoms with Crippen molar-refractivity contribution in [1.29, 1.82) is 0 Å². The van der Waals surface area contributed by atoms with Crippen LogP contribution in [-0.2, 0) is 20.7 Å². The lowest BCUT2D eigenvalue weighted by Crippen LogP contribution is -2.20. The fraction of sp³-hybridized carbons (Fsp3) is 0.385. The Balaban J connectivity index is 2.07. The number of hydrogen-bond donors (Lipinski definition) is 1. The Bertz CT molecular complexity index is 470. The van der Waals surface area contributed by atoms with Gasteiger partial charge in [-0.25, -0.2) is 4.79 Å². The monoisotopic (exact) mass is 249 g/mol. The van der Waals surface area contributed by atoms with E-state index in [4.69, 9.17) is 9.47 Å². The van der Waals surface area contributed by atoms with Gasteiger partial charge in [0.25, 0.3) is 0 Å². The number of amides is 1. The highest BCUT2D eigenvalue weighted by Gasteiger charge is 2.18. The number of esters is 1. The van der Waals surface area contributed by atoms with Crippen molar-refractivity contribution in [3.05, 3.63) is 23.8 Å². The molecular formula is C13H15NO4. The van der Waals surface area contributed by atoms with E-state index in [1.165, 1.54) is 0 Å². The summed E-state index contributed by atoms with van der Waals surface area (Å²) in [4.78, 5) is 22.5. The molecule has 5 heteroatoms. The van der Waals surface area contributed by atoms with Crippen LogP contribution in [-0.4, -0.2) is 25.1 Å². The Morgan fingerprint density at radius 1 is 1.39 bits per heavy atom. The smallest absolute Gasteiger partial charge is 0.344 e. The van der Waals surface area contributed by atoms with E-state index in [2.05, 4.69) is 5.32 Å². The molecule has 96 valence electrons. The van der Waals surface area contributed by atoms with Crippen LogP contribution in [0.25, 0.3) is 0 Å². The number of ether oxygens (including phenoxy) is 2. The first-order valence-corrected chi connectivity index (χ1v) is 5.91. The number of carbonyl (C=O) groups excluding carboxylic acids is 2. The molecule has 0 aromatic heterocycles. The predicted octanol–water partition coefficient (Wildman–Crippen LogP) is 1.51. The summed E-state index contributed by atoms with van der Waals surface area (Å²) in [6.45, 7) is 1.97. The second kappa shape index (κ2) is 5.53. The molecule has 0 bridgehead atoms. The molecule has 0 atom stereocenters. The number of nitrogens with one attached hydrogen (secondary N) is 1. The Morgan fingerprint density at radius 2 is 2.22 bits per heavy atom. The van der Waals surface area contributed by atoms with Gasteiger partial charge in [0.05, 0.1) is 6.61 Å². The van der Waals surface area contributed by atoms with Gasteiger partial charge >= 0.3 is 5.97 Å².